The van der Waals surface area contributed by atoms with Crippen molar-refractivity contribution in [2.75, 3.05) is 0 Å². The molecule has 1 rings (SSSR count). The molecule has 1 atom stereocenters. The van der Waals surface area contributed by atoms with Crippen molar-refractivity contribution in [1.82, 2.24) is 4.98 Å². The molecule has 1 N–H and O–H groups in total. The monoisotopic (exact) mass is 191 g/mol. The zero-order valence-electron chi connectivity index (χ0n) is 6.84. The molecule has 0 aliphatic heterocycles. The third kappa shape index (κ3) is 2.18. The number of rotatable bonds is 1. The Morgan fingerprint density at radius 2 is 2.08 bits per heavy atom. The van der Waals surface area contributed by atoms with Gasteiger partial charge < -0.3 is 5.11 Å². The van der Waals surface area contributed by atoms with Crippen LogP contribution in [0.4, 0.5) is 13.2 Å². The second-order valence-corrected chi connectivity index (χ2v) is 2.65. The lowest BCUT2D eigenvalue weighted by molar-refractivity contribution is -0.208. The number of aliphatic hydroxyl groups excluding tert-OH is 1. The molecule has 0 radical (unpaired) electrons. The molecule has 0 aliphatic rings. The first-order chi connectivity index (χ1) is 5.93. The fraction of sp³-hybridized carbons (Fsp3) is 0.375. The van der Waals surface area contributed by atoms with Gasteiger partial charge in [-0.2, -0.15) is 13.2 Å². The Morgan fingerprint density at radius 1 is 1.46 bits per heavy atom. The predicted octanol–water partition coefficient (Wildman–Crippen LogP) is 1.99. The number of alkyl halides is 3. The van der Waals surface area contributed by atoms with E-state index < -0.39 is 12.3 Å². The number of nitrogens with zero attached hydrogens (tertiary/aromatic N) is 1. The maximum absolute atomic E-state index is 12.0. The highest BCUT2D eigenvalue weighted by Gasteiger charge is 2.40. The van der Waals surface area contributed by atoms with Crippen LogP contribution in [0.3, 0.4) is 0 Å². The van der Waals surface area contributed by atoms with Crippen LogP contribution in [0.1, 0.15) is 17.4 Å². The fourth-order valence-electron chi connectivity index (χ4n) is 0.939. The van der Waals surface area contributed by atoms with Crippen LogP contribution in [0.15, 0.2) is 18.3 Å². The second kappa shape index (κ2) is 3.33. The first-order valence-electron chi connectivity index (χ1n) is 3.59. The largest absolute Gasteiger partial charge is 0.420 e. The molecule has 0 fully saturated rings. The summed E-state index contributed by atoms with van der Waals surface area (Å²) in [6, 6.07) is 2.99. The first-order valence-corrected chi connectivity index (χ1v) is 3.59. The number of pyridine rings is 1. The van der Waals surface area contributed by atoms with E-state index in [4.69, 9.17) is 5.11 Å². The standard InChI is InChI=1S/C8H8F3NO/c1-5-3-2-4-12-6(5)7(13)8(9,10)11/h2-4,7,13H,1H3/t7-/m0/s1. The number of aliphatic hydroxyl groups is 1. The van der Waals surface area contributed by atoms with Gasteiger partial charge in [0, 0.05) is 6.20 Å². The quantitative estimate of drug-likeness (QED) is 0.736. The maximum atomic E-state index is 12.0. The summed E-state index contributed by atoms with van der Waals surface area (Å²) < 4.78 is 36.1. The zero-order chi connectivity index (χ0) is 10.1. The van der Waals surface area contributed by atoms with Crippen molar-refractivity contribution in [1.29, 1.82) is 0 Å². The Balaban J connectivity index is 3.02. The zero-order valence-corrected chi connectivity index (χ0v) is 6.84. The fourth-order valence-corrected chi connectivity index (χ4v) is 0.939. The highest BCUT2D eigenvalue weighted by molar-refractivity contribution is 5.20. The summed E-state index contributed by atoms with van der Waals surface area (Å²) in [6.45, 7) is 1.47. The van der Waals surface area contributed by atoms with Crippen molar-refractivity contribution in [2.45, 2.75) is 19.2 Å². The topological polar surface area (TPSA) is 33.1 Å². The summed E-state index contributed by atoms with van der Waals surface area (Å²) in [4.78, 5) is 3.47. The Bertz CT molecular complexity index is 298. The van der Waals surface area contributed by atoms with Crippen molar-refractivity contribution >= 4 is 0 Å². The molecule has 1 heterocycles. The van der Waals surface area contributed by atoms with Gasteiger partial charge in [0.15, 0.2) is 6.10 Å². The number of hydrogen-bond donors (Lipinski definition) is 1. The van der Waals surface area contributed by atoms with Crippen LogP contribution in [0.25, 0.3) is 0 Å². The summed E-state index contributed by atoms with van der Waals surface area (Å²) >= 11 is 0. The first kappa shape index (κ1) is 9.98. The minimum absolute atomic E-state index is 0.326. The lowest BCUT2D eigenvalue weighted by atomic mass is 10.1. The van der Waals surface area contributed by atoms with Crippen molar-refractivity contribution < 1.29 is 18.3 Å². The van der Waals surface area contributed by atoms with Crippen molar-refractivity contribution in [3.63, 3.8) is 0 Å². The number of aryl methyl sites for hydroxylation is 1. The van der Waals surface area contributed by atoms with Crippen LogP contribution >= 0.6 is 0 Å². The van der Waals surface area contributed by atoms with Gasteiger partial charge >= 0.3 is 6.18 Å². The smallest absolute Gasteiger partial charge is 0.378 e. The Kier molecular flexibility index (Phi) is 2.56. The van der Waals surface area contributed by atoms with E-state index in [1.165, 1.54) is 25.3 Å². The van der Waals surface area contributed by atoms with Crippen LogP contribution < -0.4 is 0 Å². The summed E-state index contributed by atoms with van der Waals surface area (Å²) in [5.41, 5.74) is -0.0117. The minimum atomic E-state index is -4.65. The molecule has 5 heteroatoms. The summed E-state index contributed by atoms with van der Waals surface area (Å²) in [5, 5.41) is 8.85. The van der Waals surface area contributed by atoms with Gasteiger partial charge in [-0.3, -0.25) is 4.98 Å². The van der Waals surface area contributed by atoms with Gasteiger partial charge in [0.2, 0.25) is 0 Å². The van der Waals surface area contributed by atoms with Crippen LogP contribution in [-0.4, -0.2) is 16.3 Å². The van der Waals surface area contributed by atoms with E-state index in [0.717, 1.165) is 0 Å². The van der Waals surface area contributed by atoms with E-state index in [1.54, 1.807) is 0 Å². The highest BCUT2D eigenvalue weighted by Crippen LogP contribution is 2.32. The summed E-state index contributed by atoms with van der Waals surface area (Å²) in [5.74, 6) is 0. The molecule has 0 amide bonds. The van der Waals surface area contributed by atoms with Gasteiger partial charge in [-0.1, -0.05) is 6.07 Å². The second-order valence-electron chi connectivity index (χ2n) is 2.65. The molecule has 2 nitrogen and oxygen atoms in total. The summed E-state index contributed by atoms with van der Waals surface area (Å²) in [7, 11) is 0. The molecule has 1 aromatic rings. The lowest BCUT2D eigenvalue weighted by Gasteiger charge is -2.15. The average molecular weight is 191 g/mol. The Hall–Kier alpha value is -1.10. The van der Waals surface area contributed by atoms with Gasteiger partial charge in [-0.15, -0.1) is 0 Å². The van der Waals surface area contributed by atoms with Gasteiger partial charge in [-0.25, -0.2) is 0 Å². The van der Waals surface area contributed by atoms with Crippen LogP contribution in [0, 0.1) is 6.92 Å². The third-order valence-electron chi connectivity index (χ3n) is 1.62. The van der Waals surface area contributed by atoms with E-state index in [1.807, 2.05) is 0 Å². The number of hydrogen-bond acceptors (Lipinski definition) is 2. The molecular weight excluding hydrogens is 183 g/mol. The van der Waals surface area contributed by atoms with Crippen molar-refractivity contribution in [3.05, 3.63) is 29.6 Å². The molecule has 0 saturated carbocycles. The molecule has 72 valence electrons. The van der Waals surface area contributed by atoms with E-state index in [2.05, 4.69) is 4.98 Å². The highest BCUT2D eigenvalue weighted by atomic mass is 19.4. The van der Waals surface area contributed by atoms with E-state index in [-0.39, 0.29) is 5.69 Å². The molecule has 0 bridgehead atoms. The number of halogens is 3. The van der Waals surface area contributed by atoms with Crippen LogP contribution in [0.5, 0.6) is 0 Å². The van der Waals surface area contributed by atoms with E-state index in [9.17, 15) is 13.2 Å². The van der Waals surface area contributed by atoms with Gasteiger partial charge in [0.1, 0.15) is 0 Å². The Morgan fingerprint density at radius 3 is 2.54 bits per heavy atom. The van der Waals surface area contributed by atoms with Gasteiger partial charge in [-0.05, 0) is 18.6 Å². The molecule has 0 spiro atoms. The van der Waals surface area contributed by atoms with Crippen LogP contribution in [0.2, 0.25) is 0 Å². The number of aromatic nitrogens is 1. The molecule has 0 saturated heterocycles. The molecule has 0 aromatic carbocycles. The normalized spacial score (nSPS) is 14.2. The molecule has 1 aromatic heterocycles. The SMILES string of the molecule is Cc1cccnc1[C@H](O)C(F)(F)F. The van der Waals surface area contributed by atoms with Crippen LogP contribution in [-0.2, 0) is 0 Å². The lowest BCUT2D eigenvalue weighted by Crippen LogP contribution is -2.22. The van der Waals surface area contributed by atoms with Crippen molar-refractivity contribution in [3.8, 4) is 0 Å². The maximum Gasteiger partial charge on any atom is 0.420 e. The molecule has 13 heavy (non-hydrogen) atoms. The van der Waals surface area contributed by atoms with E-state index in [0.29, 0.717) is 5.56 Å². The average Bonchev–Trinajstić information content (AvgIpc) is 2.02. The predicted molar refractivity (Wildman–Crippen MR) is 40.0 cm³/mol. The van der Waals surface area contributed by atoms with Gasteiger partial charge in [0.05, 0.1) is 5.69 Å². The molecule has 0 aliphatic carbocycles. The third-order valence-corrected chi connectivity index (χ3v) is 1.62. The molecule has 0 unspecified atom stereocenters. The Labute approximate surface area is 73.0 Å². The van der Waals surface area contributed by atoms with Crippen molar-refractivity contribution in [2.24, 2.45) is 0 Å². The van der Waals surface area contributed by atoms with E-state index >= 15 is 0 Å². The molecular formula is C8H8F3NO. The minimum Gasteiger partial charge on any atom is -0.378 e. The summed E-state index contributed by atoms with van der Waals surface area (Å²) in [6.07, 6.45) is -5.93. The van der Waals surface area contributed by atoms with Gasteiger partial charge in [0.25, 0.3) is 0 Å².